The van der Waals surface area contributed by atoms with Crippen LogP contribution in [0.3, 0.4) is 0 Å². The fourth-order valence-electron chi connectivity index (χ4n) is 2.93. The molecule has 114 valence electrons. The summed E-state index contributed by atoms with van der Waals surface area (Å²) in [7, 11) is 0. The molecule has 2 rings (SSSR count). The summed E-state index contributed by atoms with van der Waals surface area (Å²) in [6.07, 6.45) is 7.71. The van der Waals surface area contributed by atoms with Crippen molar-refractivity contribution in [1.29, 1.82) is 0 Å². The highest BCUT2D eigenvalue weighted by molar-refractivity contribution is 5.87. The largest absolute Gasteiger partial charge is 0.348 e. The van der Waals surface area contributed by atoms with Crippen LogP contribution in [0.4, 0.5) is 0 Å². The Balaban J connectivity index is 2.02. The number of rotatable bonds is 5. The van der Waals surface area contributed by atoms with Crippen molar-refractivity contribution in [3.63, 3.8) is 0 Å². The zero-order valence-electron chi connectivity index (χ0n) is 12.6. The first-order valence-electron chi connectivity index (χ1n) is 7.55. The molecule has 1 aromatic rings. The molecule has 1 aliphatic rings. The van der Waals surface area contributed by atoms with E-state index < -0.39 is 6.04 Å². The van der Waals surface area contributed by atoms with E-state index in [0.29, 0.717) is 0 Å². The van der Waals surface area contributed by atoms with E-state index in [1.54, 1.807) is 12.4 Å². The Labute approximate surface area is 125 Å². The van der Waals surface area contributed by atoms with Gasteiger partial charge in [0.15, 0.2) is 0 Å². The first-order chi connectivity index (χ1) is 10.1. The van der Waals surface area contributed by atoms with Crippen LogP contribution < -0.4 is 10.6 Å². The topological polar surface area (TPSA) is 71.1 Å². The average Bonchev–Trinajstić information content (AvgIpc) is 2.99. The molecule has 21 heavy (non-hydrogen) atoms. The second-order valence-electron chi connectivity index (χ2n) is 5.74. The van der Waals surface area contributed by atoms with Gasteiger partial charge in [-0.3, -0.25) is 14.6 Å². The molecule has 0 radical (unpaired) electrons. The zero-order valence-corrected chi connectivity index (χ0v) is 12.6. The normalized spacial score (nSPS) is 18.0. The maximum absolute atomic E-state index is 12.5. The molecule has 0 saturated heterocycles. The van der Waals surface area contributed by atoms with Crippen LogP contribution >= 0.6 is 0 Å². The lowest BCUT2D eigenvalue weighted by atomic mass is 9.96. The third-order valence-corrected chi connectivity index (χ3v) is 4.06. The summed E-state index contributed by atoms with van der Waals surface area (Å²) in [5, 5.41) is 5.80. The summed E-state index contributed by atoms with van der Waals surface area (Å²) in [5.41, 5.74) is 0.957. The SMILES string of the molecule is CC(=O)NC(C(=O)NC(C)c1cccnc1)C1CCCC1. The summed E-state index contributed by atoms with van der Waals surface area (Å²) in [6, 6.07) is 3.23. The van der Waals surface area contributed by atoms with Crippen LogP contribution in [-0.2, 0) is 9.59 Å². The number of pyridine rings is 1. The van der Waals surface area contributed by atoms with E-state index in [2.05, 4.69) is 15.6 Å². The number of carbonyl (C=O) groups is 2. The highest BCUT2D eigenvalue weighted by Gasteiger charge is 2.31. The zero-order chi connectivity index (χ0) is 15.2. The van der Waals surface area contributed by atoms with Crippen molar-refractivity contribution in [1.82, 2.24) is 15.6 Å². The van der Waals surface area contributed by atoms with Gasteiger partial charge in [0.1, 0.15) is 6.04 Å². The smallest absolute Gasteiger partial charge is 0.243 e. The van der Waals surface area contributed by atoms with E-state index in [9.17, 15) is 9.59 Å². The van der Waals surface area contributed by atoms with E-state index >= 15 is 0 Å². The van der Waals surface area contributed by atoms with E-state index in [0.717, 1.165) is 31.2 Å². The first-order valence-corrected chi connectivity index (χ1v) is 7.55. The Hall–Kier alpha value is -1.91. The summed E-state index contributed by atoms with van der Waals surface area (Å²) in [6.45, 7) is 3.38. The quantitative estimate of drug-likeness (QED) is 0.870. The minimum absolute atomic E-state index is 0.103. The van der Waals surface area contributed by atoms with Crippen molar-refractivity contribution in [3.05, 3.63) is 30.1 Å². The molecule has 0 aromatic carbocycles. The summed E-state index contributed by atoms with van der Waals surface area (Å²) in [5.74, 6) is -0.0143. The number of aromatic nitrogens is 1. The molecule has 1 aromatic heterocycles. The number of amides is 2. The Morgan fingerprint density at radius 1 is 1.29 bits per heavy atom. The van der Waals surface area contributed by atoms with Gasteiger partial charge in [0, 0.05) is 19.3 Å². The minimum atomic E-state index is -0.427. The molecule has 1 fully saturated rings. The van der Waals surface area contributed by atoms with Gasteiger partial charge >= 0.3 is 0 Å². The highest BCUT2D eigenvalue weighted by Crippen LogP contribution is 2.28. The number of carbonyl (C=O) groups excluding carboxylic acids is 2. The lowest BCUT2D eigenvalue weighted by Crippen LogP contribution is -2.50. The van der Waals surface area contributed by atoms with Crippen molar-refractivity contribution in [2.75, 3.05) is 0 Å². The Bertz CT molecular complexity index is 484. The Morgan fingerprint density at radius 3 is 2.57 bits per heavy atom. The van der Waals surface area contributed by atoms with Crippen molar-refractivity contribution in [3.8, 4) is 0 Å². The predicted molar refractivity (Wildman–Crippen MR) is 80.4 cm³/mol. The number of hydrogen-bond donors (Lipinski definition) is 2. The van der Waals surface area contributed by atoms with Crippen LogP contribution in [0, 0.1) is 5.92 Å². The van der Waals surface area contributed by atoms with Crippen LogP contribution in [0.25, 0.3) is 0 Å². The first kappa shape index (κ1) is 15.5. The molecule has 1 aliphatic carbocycles. The van der Waals surface area contributed by atoms with Crippen LogP contribution in [-0.4, -0.2) is 22.8 Å². The molecule has 1 saturated carbocycles. The van der Waals surface area contributed by atoms with Gasteiger partial charge in [-0.25, -0.2) is 0 Å². The van der Waals surface area contributed by atoms with Gasteiger partial charge in [0.2, 0.25) is 11.8 Å². The second kappa shape index (κ2) is 7.20. The van der Waals surface area contributed by atoms with E-state index in [1.807, 2.05) is 19.1 Å². The molecule has 2 unspecified atom stereocenters. The van der Waals surface area contributed by atoms with Gasteiger partial charge < -0.3 is 10.6 Å². The number of hydrogen-bond acceptors (Lipinski definition) is 3. The predicted octanol–water partition coefficient (Wildman–Crippen LogP) is 1.95. The second-order valence-corrected chi connectivity index (χ2v) is 5.74. The monoisotopic (exact) mass is 289 g/mol. The molecule has 5 heteroatoms. The maximum Gasteiger partial charge on any atom is 0.243 e. The van der Waals surface area contributed by atoms with Gasteiger partial charge in [-0.15, -0.1) is 0 Å². The van der Waals surface area contributed by atoms with Crippen molar-refractivity contribution in [2.24, 2.45) is 5.92 Å². The molecule has 2 amide bonds. The van der Waals surface area contributed by atoms with E-state index in [-0.39, 0.29) is 23.8 Å². The highest BCUT2D eigenvalue weighted by atomic mass is 16.2. The van der Waals surface area contributed by atoms with Gasteiger partial charge in [0.05, 0.1) is 6.04 Å². The molecule has 1 heterocycles. The lowest BCUT2D eigenvalue weighted by molar-refractivity contribution is -0.129. The van der Waals surface area contributed by atoms with Crippen LogP contribution in [0.5, 0.6) is 0 Å². The minimum Gasteiger partial charge on any atom is -0.348 e. The standard InChI is InChI=1S/C16H23N3O2/c1-11(14-8-5-9-17-10-14)18-16(21)15(19-12(2)20)13-6-3-4-7-13/h5,8-11,13,15H,3-4,6-7H2,1-2H3,(H,18,21)(H,19,20). The molecule has 0 bridgehead atoms. The molecule has 5 nitrogen and oxygen atoms in total. The molecule has 2 atom stereocenters. The van der Waals surface area contributed by atoms with Crippen molar-refractivity contribution in [2.45, 2.75) is 51.6 Å². The van der Waals surface area contributed by atoms with Gasteiger partial charge in [-0.2, -0.15) is 0 Å². The van der Waals surface area contributed by atoms with Crippen LogP contribution in [0.1, 0.15) is 51.1 Å². The van der Waals surface area contributed by atoms with Crippen molar-refractivity contribution < 1.29 is 9.59 Å². The fraction of sp³-hybridized carbons (Fsp3) is 0.562. The summed E-state index contributed by atoms with van der Waals surface area (Å²) in [4.78, 5) is 27.9. The van der Waals surface area contributed by atoms with Gasteiger partial charge in [-0.1, -0.05) is 18.9 Å². The summed E-state index contributed by atoms with van der Waals surface area (Å²) < 4.78 is 0. The third-order valence-electron chi connectivity index (χ3n) is 4.06. The Morgan fingerprint density at radius 2 is 2.00 bits per heavy atom. The molecule has 0 aliphatic heterocycles. The van der Waals surface area contributed by atoms with E-state index in [1.165, 1.54) is 6.92 Å². The third kappa shape index (κ3) is 4.28. The molecular formula is C16H23N3O2. The van der Waals surface area contributed by atoms with Crippen molar-refractivity contribution >= 4 is 11.8 Å². The maximum atomic E-state index is 12.5. The average molecular weight is 289 g/mol. The molecule has 0 spiro atoms. The lowest BCUT2D eigenvalue weighted by Gasteiger charge is -2.25. The van der Waals surface area contributed by atoms with Gasteiger partial charge in [0.25, 0.3) is 0 Å². The van der Waals surface area contributed by atoms with Crippen LogP contribution in [0.2, 0.25) is 0 Å². The van der Waals surface area contributed by atoms with Crippen LogP contribution in [0.15, 0.2) is 24.5 Å². The number of nitrogens with one attached hydrogen (secondary N) is 2. The summed E-state index contributed by atoms with van der Waals surface area (Å²) >= 11 is 0. The van der Waals surface area contributed by atoms with Gasteiger partial charge in [-0.05, 0) is 37.3 Å². The number of nitrogens with zero attached hydrogens (tertiary/aromatic N) is 1. The Kier molecular flexibility index (Phi) is 5.31. The van der Waals surface area contributed by atoms with E-state index in [4.69, 9.17) is 0 Å². The molecule has 2 N–H and O–H groups in total. The molecular weight excluding hydrogens is 266 g/mol. The fourth-order valence-corrected chi connectivity index (χ4v) is 2.93.